The van der Waals surface area contributed by atoms with Crippen LogP contribution < -0.4 is 10.0 Å². The molecule has 1 rings (SSSR count). The highest BCUT2D eigenvalue weighted by molar-refractivity contribution is 7.89. The molecule has 1 aromatic carbocycles. The molecule has 146 valence electrons. The third-order valence-corrected chi connectivity index (χ3v) is 5.43. The number of aliphatic carboxylic acids is 1. The van der Waals surface area contributed by atoms with E-state index in [0.717, 1.165) is 31.2 Å². The number of carbonyl (C=O) groups is 2. The van der Waals surface area contributed by atoms with Gasteiger partial charge in [-0.15, -0.1) is 0 Å². The minimum atomic E-state index is -3.96. The lowest BCUT2D eigenvalue weighted by Gasteiger charge is -2.15. The molecule has 7 nitrogen and oxygen atoms in total. The third kappa shape index (κ3) is 7.97. The van der Waals surface area contributed by atoms with Crippen LogP contribution in [-0.2, 0) is 19.6 Å². The highest BCUT2D eigenvalue weighted by Gasteiger charge is 2.25. The molecule has 0 aromatic heterocycles. The second-order valence-corrected chi connectivity index (χ2v) is 7.99. The summed E-state index contributed by atoms with van der Waals surface area (Å²) in [5, 5.41) is 12.0. The van der Waals surface area contributed by atoms with Crippen LogP contribution in [0.4, 0.5) is 0 Å². The molecule has 1 aromatic rings. The average Bonchev–Trinajstić information content (AvgIpc) is 2.58. The van der Waals surface area contributed by atoms with Gasteiger partial charge in [-0.3, -0.25) is 9.59 Å². The fraction of sp³-hybridized carbons (Fsp3) is 0.556. The zero-order valence-corrected chi connectivity index (χ0v) is 16.1. The SMILES string of the molecule is CCCCCCNC(=O)CCC(NS(=O)(=O)c1ccc(C)cc1)C(=O)O. The Bertz CT molecular complexity index is 686. The Kier molecular flexibility index (Phi) is 9.29. The van der Waals surface area contributed by atoms with Gasteiger partial charge in [0.05, 0.1) is 4.90 Å². The van der Waals surface area contributed by atoms with Crippen LogP contribution in [-0.4, -0.2) is 38.0 Å². The van der Waals surface area contributed by atoms with Gasteiger partial charge in [0.2, 0.25) is 15.9 Å². The molecular weight excluding hydrogens is 356 g/mol. The minimum absolute atomic E-state index is 0.00488. The van der Waals surface area contributed by atoms with Crippen molar-refractivity contribution in [3.8, 4) is 0 Å². The number of nitrogens with one attached hydrogen (secondary N) is 2. The van der Waals surface area contributed by atoms with Gasteiger partial charge < -0.3 is 10.4 Å². The quantitative estimate of drug-likeness (QED) is 0.478. The maximum absolute atomic E-state index is 12.3. The van der Waals surface area contributed by atoms with Gasteiger partial charge in [-0.2, -0.15) is 4.72 Å². The van der Waals surface area contributed by atoms with Crippen LogP contribution in [0.2, 0.25) is 0 Å². The van der Waals surface area contributed by atoms with E-state index in [1.807, 2.05) is 6.92 Å². The topological polar surface area (TPSA) is 113 Å². The standard InChI is InChI=1S/C18H28N2O5S/c1-3-4-5-6-13-19-17(21)12-11-16(18(22)23)20-26(24,25)15-9-7-14(2)8-10-15/h7-10,16,20H,3-6,11-13H2,1-2H3,(H,19,21)(H,22,23). The zero-order valence-electron chi connectivity index (χ0n) is 15.3. The summed E-state index contributed by atoms with van der Waals surface area (Å²) in [5.41, 5.74) is 0.898. The van der Waals surface area contributed by atoms with Crippen molar-refractivity contribution in [3.63, 3.8) is 0 Å². The monoisotopic (exact) mass is 384 g/mol. The number of hydrogen-bond donors (Lipinski definition) is 3. The van der Waals surface area contributed by atoms with Crippen LogP contribution in [0.15, 0.2) is 29.2 Å². The van der Waals surface area contributed by atoms with Crippen molar-refractivity contribution < 1.29 is 23.1 Å². The van der Waals surface area contributed by atoms with Crippen LogP contribution in [0.5, 0.6) is 0 Å². The Hall–Kier alpha value is -1.93. The molecule has 0 saturated heterocycles. The highest BCUT2D eigenvalue weighted by Crippen LogP contribution is 2.12. The Morgan fingerprint density at radius 3 is 2.35 bits per heavy atom. The predicted octanol–water partition coefficient (Wildman–Crippen LogP) is 2.20. The van der Waals surface area contributed by atoms with Crippen LogP contribution in [0.1, 0.15) is 51.0 Å². The molecule has 0 saturated carbocycles. The molecule has 1 unspecified atom stereocenters. The molecule has 0 heterocycles. The summed E-state index contributed by atoms with van der Waals surface area (Å²) < 4.78 is 26.8. The van der Waals surface area contributed by atoms with Crippen molar-refractivity contribution in [2.75, 3.05) is 6.54 Å². The van der Waals surface area contributed by atoms with Crippen molar-refractivity contribution in [2.45, 2.75) is 63.3 Å². The van der Waals surface area contributed by atoms with Gasteiger partial charge in [0, 0.05) is 13.0 Å². The first-order valence-electron chi connectivity index (χ1n) is 8.84. The third-order valence-electron chi connectivity index (χ3n) is 3.94. The van der Waals surface area contributed by atoms with Crippen LogP contribution >= 0.6 is 0 Å². The number of aryl methyl sites for hydroxylation is 1. The first-order valence-corrected chi connectivity index (χ1v) is 10.3. The van der Waals surface area contributed by atoms with E-state index in [9.17, 15) is 23.1 Å². The van der Waals surface area contributed by atoms with Crippen LogP contribution in [0.25, 0.3) is 0 Å². The molecule has 0 aliphatic rings. The van der Waals surface area contributed by atoms with Gasteiger partial charge in [0.15, 0.2) is 0 Å². The summed E-state index contributed by atoms with van der Waals surface area (Å²) in [6, 6.07) is 4.75. The predicted molar refractivity (Wildman–Crippen MR) is 99.3 cm³/mol. The molecule has 0 fully saturated rings. The lowest BCUT2D eigenvalue weighted by atomic mass is 10.1. The smallest absolute Gasteiger partial charge is 0.321 e. The first kappa shape index (κ1) is 22.1. The number of hydrogen-bond acceptors (Lipinski definition) is 4. The summed E-state index contributed by atoms with van der Waals surface area (Å²) >= 11 is 0. The van der Waals surface area contributed by atoms with E-state index in [0.29, 0.717) is 6.54 Å². The van der Waals surface area contributed by atoms with Crippen LogP contribution in [0.3, 0.4) is 0 Å². The Labute approximate surface area is 155 Å². The van der Waals surface area contributed by atoms with Crippen molar-refractivity contribution in [1.29, 1.82) is 0 Å². The van der Waals surface area contributed by atoms with Gasteiger partial charge in [0.25, 0.3) is 0 Å². The molecule has 8 heteroatoms. The second-order valence-electron chi connectivity index (χ2n) is 6.27. The van der Waals surface area contributed by atoms with Gasteiger partial charge >= 0.3 is 5.97 Å². The first-order chi connectivity index (χ1) is 12.3. The van der Waals surface area contributed by atoms with Gasteiger partial charge in [-0.05, 0) is 31.9 Å². The van der Waals surface area contributed by atoms with E-state index in [2.05, 4.69) is 17.0 Å². The normalized spacial score (nSPS) is 12.5. The van der Waals surface area contributed by atoms with E-state index in [4.69, 9.17) is 0 Å². The molecule has 1 atom stereocenters. The number of carboxylic acid groups (broad SMARTS) is 1. The Morgan fingerprint density at radius 2 is 1.77 bits per heavy atom. The summed E-state index contributed by atoms with van der Waals surface area (Å²) in [6.07, 6.45) is 3.96. The van der Waals surface area contributed by atoms with Crippen molar-refractivity contribution in [1.82, 2.24) is 10.0 Å². The van der Waals surface area contributed by atoms with Crippen molar-refractivity contribution >= 4 is 21.9 Å². The lowest BCUT2D eigenvalue weighted by molar-refractivity contribution is -0.139. The number of sulfonamides is 1. The second kappa shape index (κ2) is 10.9. The van der Waals surface area contributed by atoms with Gasteiger partial charge in [-0.25, -0.2) is 8.42 Å². The van der Waals surface area contributed by atoms with E-state index >= 15 is 0 Å². The fourth-order valence-electron chi connectivity index (χ4n) is 2.35. The molecule has 0 spiro atoms. The molecule has 1 amide bonds. The van der Waals surface area contributed by atoms with Gasteiger partial charge in [-0.1, -0.05) is 43.9 Å². The van der Waals surface area contributed by atoms with E-state index in [1.54, 1.807) is 12.1 Å². The average molecular weight is 384 g/mol. The molecule has 3 N–H and O–H groups in total. The molecule has 0 radical (unpaired) electrons. The summed E-state index contributed by atoms with van der Waals surface area (Å²) in [7, 11) is -3.96. The lowest BCUT2D eigenvalue weighted by Crippen LogP contribution is -2.41. The summed E-state index contributed by atoms with van der Waals surface area (Å²) in [5.74, 6) is -1.58. The minimum Gasteiger partial charge on any atom is -0.480 e. The number of rotatable bonds is 12. The van der Waals surface area contributed by atoms with Crippen molar-refractivity contribution in [3.05, 3.63) is 29.8 Å². The number of carboxylic acids is 1. The van der Waals surface area contributed by atoms with E-state index in [-0.39, 0.29) is 23.6 Å². The van der Waals surface area contributed by atoms with E-state index in [1.165, 1.54) is 12.1 Å². The number of benzene rings is 1. The van der Waals surface area contributed by atoms with E-state index < -0.39 is 22.0 Å². The molecule has 0 bridgehead atoms. The molecular formula is C18H28N2O5S. The summed E-state index contributed by atoms with van der Waals surface area (Å²) in [6.45, 7) is 4.47. The molecule has 26 heavy (non-hydrogen) atoms. The fourth-order valence-corrected chi connectivity index (χ4v) is 3.57. The van der Waals surface area contributed by atoms with Crippen molar-refractivity contribution in [2.24, 2.45) is 0 Å². The number of carbonyl (C=O) groups excluding carboxylic acids is 1. The van der Waals surface area contributed by atoms with Crippen LogP contribution in [0, 0.1) is 6.92 Å². The number of amides is 1. The maximum atomic E-state index is 12.3. The zero-order chi connectivity index (χ0) is 19.6. The summed E-state index contributed by atoms with van der Waals surface area (Å²) in [4.78, 5) is 23.1. The molecule has 0 aliphatic heterocycles. The Morgan fingerprint density at radius 1 is 1.12 bits per heavy atom. The molecule has 0 aliphatic carbocycles. The largest absolute Gasteiger partial charge is 0.480 e. The maximum Gasteiger partial charge on any atom is 0.321 e. The Balaban J connectivity index is 2.54. The number of unbranched alkanes of at least 4 members (excludes halogenated alkanes) is 3. The highest BCUT2D eigenvalue weighted by atomic mass is 32.2. The van der Waals surface area contributed by atoms with Gasteiger partial charge in [0.1, 0.15) is 6.04 Å².